The second-order valence-corrected chi connectivity index (χ2v) is 13.0. The first-order valence-corrected chi connectivity index (χ1v) is 14.9. The summed E-state index contributed by atoms with van der Waals surface area (Å²) in [5.41, 5.74) is 0.586. The first kappa shape index (κ1) is 26.1. The summed E-state index contributed by atoms with van der Waals surface area (Å²) in [5, 5.41) is 18.7. The molecule has 3 heterocycles. The highest BCUT2D eigenvalue weighted by molar-refractivity contribution is 7.90. The molecule has 3 N–H and O–H groups in total. The molecule has 0 radical (unpaired) electrons. The molecule has 3 aromatic rings. The number of alkyl halides is 2. The molecule has 2 saturated carbocycles. The number of methoxy groups -OCH3 is 1. The first-order chi connectivity index (χ1) is 18.5. The second-order valence-electron chi connectivity index (χ2n) is 10.3. The molecule has 3 aliphatic rings. The number of carbonyl (C=O) groups is 1. The van der Waals surface area contributed by atoms with Crippen LogP contribution in [0.25, 0.3) is 0 Å². The van der Waals surface area contributed by atoms with Crippen molar-refractivity contribution in [1.29, 1.82) is 0 Å². The molecule has 0 saturated heterocycles. The number of thiophene rings is 1. The molecule has 16 heteroatoms. The van der Waals surface area contributed by atoms with Crippen molar-refractivity contribution in [2.24, 2.45) is 13.0 Å². The molecule has 1 amide bonds. The maximum atomic E-state index is 13.6. The number of aromatic nitrogens is 5. The molecule has 3 aromatic heterocycles. The summed E-state index contributed by atoms with van der Waals surface area (Å²) in [6.45, 7) is 0. The standard InChI is InChI=1S/C23H28F2N8O4S2/c1-32-17(8-18(30-32)37-2)27-22-29-26-11-33(22)14-5-6-16-15(7-14)19(21(38-16)28-20(34)12-3-4-12)39(35,36)31-13-9-23(24,25)10-13/h8,11-14,31H,3-7,9-10H2,1-2H3,(H,27,29)(H,28,34)/t14-/m0/s1. The van der Waals surface area contributed by atoms with E-state index in [9.17, 15) is 22.0 Å². The van der Waals surface area contributed by atoms with Crippen LogP contribution in [-0.4, -0.2) is 57.9 Å². The Hall–Kier alpha value is -3.11. The molecule has 0 unspecified atom stereocenters. The van der Waals surface area contributed by atoms with Crippen molar-refractivity contribution in [2.45, 2.75) is 67.8 Å². The Morgan fingerprint density at radius 1 is 1.26 bits per heavy atom. The van der Waals surface area contributed by atoms with E-state index >= 15 is 0 Å². The summed E-state index contributed by atoms with van der Waals surface area (Å²) in [5.74, 6) is -1.70. The van der Waals surface area contributed by atoms with E-state index in [0.29, 0.717) is 42.5 Å². The van der Waals surface area contributed by atoms with E-state index in [-0.39, 0.29) is 27.8 Å². The van der Waals surface area contributed by atoms with Crippen LogP contribution in [0.2, 0.25) is 0 Å². The molecule has 3 aliphatic carbocycles. The highest BCUT2D eigenvalue weighted by Gasteiger charge is 2.48. The lowest BCUT2D eigenvalue weighted by molar-refractivity contribution is -0.117. The lowest BCUT2D eigenvalue weighted by atomic mass is 9.89. The first-order valence-electron chi connectivity index (χ1n) is 12.6. The lowest BCUT2D eigenvalue weighted by Crippen LogP contribution is -2.50. The van der Waals surface area contributed by atoms with Crippen LogP contribution in [0.15, 0.2) is 17.3 Å². The molecule has 39 heavy (non-hydrogen) atoms. The number of hydrogen-bond donors (Lipinski definition) is 3. The quantitative estimate of drug-likeness (QED) is 0.349. The fourth-order valence-electron chi connectivity index (χ4n) is 5.10. The van der Waals surface area contributed by atoms with Gasteiger partial charge in [0, 0.05) is 48.8 Å². The minimum atomic E-state index is -4.18. The Balaban J connectivity index is 1.30. The summed E-state index contributed by atoms with van der Waals surface area (Å²) in [6.07, 6.45) is 3.63. The molecular weight excluding hydrogens is 554 g/mol. The van der Waals surface area contributed by atoms with Gasteiger partial charge in [0.15, 0.2) is 0 Å². The van der Waals surface area contributed by atoms with Gasteiger partial charge < -0.3 is 15.4 Å². The van der Waals surface area contributed by atoms with Crippen molar-refractivity contribution in [2.75, 3.05) is 17.7 Å². The summed E-state index contributed by atoms with van der Waals surface area (Å²) in [4.78, 5) is 13.4. The Morgan fingerprint density at radius 2 is 2.03 bits per heavy atom. The van der Waals surface area contributed by atoms with Gasteiger partial charge in [-0.2, -0.15) is 0 Å². The van der Waals surface area contributed by atoms with E-state index in [4.69, 9.17) is 4.74 Å². The molecule has 0 aliphatic heterocycles. The van der Waals surface area contributed by atoms with E-state index in [1.807, 2.05) is 4.57 Å². The molecule has 12 nitrogen and oxygen atoms in total. The molecule has 0 spiro atoms. The van der Waals surface area contributed by atoms with Gasteiger partial charge in [0.1, 0.15) is 22.0 Å². The zero-order valence-corrected chi connectivity index (χ0v) is 22.9. The van der Waals surface area contributed by atoms with Gasteiger partial charge in [0.05, 0.1) is 7.11 Å². The van der Waals surface area contributed by atoms with Crippen molar-refractivity contribution in [3.8, 4) is 5.88 Å². The van der Waals surface area contributed by atoms with E-state index < -0.39 is 34.8 Å². The second kappa shape index (κ2) is 9.52. The molecular formula is C23H28F2N8O4S2. The fourth-order valence-corrected chi connectivity index (χ4v) is 8.31. The van der Waals surface area contributed by atoms with Crippen molar-refractivity contribution in [3.05, 3.63) is 22.8 Å². The molecule has 2 fully saturated rings. The topological polar surface area (TPSA) is 145 Å². The highest BCUT2D eigenvalue weighted by Crippen LogP contribution is 2.46. The van der Waals surface area contributed by atoms with Gasteiger partial charge in [0.2, 0.25) is 27.8 Å². The van der Waals surface area contributed by atoms with Crippen LogP contribution in [0.5, 0.6) is 5.88 Å². The van der Waals surface area contributed by atoms with Gasteiger partial charge in [0.25, 0.3) is 5.92 Å². The number of anilines is 3. The third-order valence-corrected chi connectivity index (χ3v) is 10.3. The number of sulfonamides is 1. The minimum absolute atomic E-state index is 0.0182. The Kier molecular flexibility index (Phi) is 6.38. The third kappa shape index (κ3) is 5.12. The largest absolute Gasteiger partial charge is 0.480 e. The van der Waals surface area contributed by atoms with Gasteiger partial charge in [-0.1, -0.05) is 0 Å². The molecule has 1 atom stereocenters. The van der Waals surface area contributed by atoms with E-state index in [1.54, 1.807) is 24.1 Å². The molecule has 210 valence electrons. The van der Waals surface area contributed by atoms with Crippen LogP contribution in [0, 0.1) is 5.92 Å². The smallest absolute Gasteiger partial charge is 0.251 e. The Bertz CT molecular complexity index is 1520. The normalized spacial score (nSPS) is 20.8. The van der Waals surface area contributed by atoms with Crippen molar-refractivity contribution < 1.29 is 26.7 Å². The summed E-state index contributed by atoms with van der Waals surface area (Å²) >= 11 is 1.25. The maximum absolute atomic E-state index is 13.6. The fraction of sp³-hybridized carbons (Fsp3) is 0.565. The van der Waals surface area contributed by atoms with Crippen molar-refractivity contribution in [1.82, 2.24) is 29.3 Å². The number of amides is 1. The van der Waals surface area contributed by atoms with Crippen LogP contribution in [-0.2, 0) is 34.7 Å². The number of nitrogens with zero attached hydrogens (tertiary/aromatic N) is 5. The number of fused-ring (bicyclic) bond motifs is 1. The predicted octanol–water partition coefficient (Wildman–Crippen LogP) is 2.98. The number of carbonyl (C=O) groups excluding carboxylic acids is 1. The van der Waals surface area contributed by atoms with Crippen molar-refractivity contribution in [3.63, 3.8) is 0 Å². The number of hydrogen-bond acceptors (Lipinski definition) is 9. The zero-order valence-electron chi connectivity index (χ0n) is 21.3. The average Bonchev–Trinajstić information content (AvgIpc) is 3.35. The summed E-state index contributed by atoms with van der Waals surface area (Å²) in [7, 11) is -0.902. The predicted molar refractivity (Wildman–Crippen MR) is 138 cm³/mol. The zero-order chi connectivity index (χ0) is 27.5. The average molecular weight is 583 g/mol. The summed E-state index contributed by atoms with van der Waals surface area (Å²) in [6, 6.07) is 0.677. The van der Waals surface area contributed by atoms with Gasteiger partial charge in [-0.15, -0.1) is 26.6 Å². The van der Waals surface area contributed by atoms with Crippen LogP contribution in [0.1, 0.15) is 48.6 Å². The molecule has 6 rings (SSSR count). The van der Waals surface area contributed by atoms with E-state index in [2.05, 4.69) is 30.7 Å². The van der Waals surface area contributed by atoms with E-state index in [1.165, 1.54) is 18.4 Å². The Morgan fingerprint density at radius 3 is 2.69 bits per heavy atom. The molecule has 0 aromatic carbocycles. The van der Waals surface area contributed by atoms with Gasteiger partial charge in [-0.3, -0.25) is 9.36 Å². The van der Waals surface area contributed by atoms with E-state index in [0.717, 1.165) is 17.7 Å². The van der Waals surface area contributed by atoms with Gasteiger partial charge >= 0.3 is 0 Å². The van der Waals surface area contributed by atoms with Crippen LogP contribution in [0.4, 0.5) is 25.5 Å². The third-order valence-electron chi connectivity index (χ3n) is 7.32. The monoisotopic (exact) mass is 582 g/mol. The SMILES string of the molecule is COc1cc(Nc2nncn2[C@H]2CCc3sc(NC(=O)C4CC4)c(S(=O)(=O)NC4CC(F)(F)C4)c3C2)n(C)n1. The van der Waals surface area contributed by atoms with Gasteiger partial charge in [-0.25, -0.2) is 26.6 Å². The maximum Gasteiger partial charge on any atom is 0.251 e. The highest BCUT2D eigenvalue weighted by atomic mass is 32.2. The van der Waals surface area contributed by atoms with Crippen LogP contribution < -0.4 is 20.1 Å². The van der Waals surface area contributed by atoms with Crippen LogP contribution in [0.3, 0.4) is 0 Å². The number of ether oxygens (including phenoxy) is 1. The number of halogens is 2. The minimum Gasteiger partial charge on any atom is -0.480 e. The molecule has 0 bridgehead atoms. The number of aryl methyl sites for hydroxylation is 2. The lowest BCUT2D eigenvalue weighted by Gasteiger charge is -2.35. The van der Waals surface area contributed by atoms with Crippen molar-refractivity contribution >= 4 is 44.0 Å². The van der Waals surface area contributed by atoms with Gasteiger partial charge in [-0.05, 0) is 37.7 Å². The number of rotatable bonds is 9. The van der Waals surface area contributed by atoms with Crippen LogP contribution >= 0.6 is 11.3 Å². The Labute approximate surface area is 227 Å². The number of nitrogens with one attached hydrogen (secondary N) is 3. The summed E-state index contributed by atoms with van der Waals surface area (Å²) < 4.78 is 65.1.